The lowest BCUT2D eigenvalue weighted by Gasteiger charge is -2.15. The summed E-state index contributed by atoms with van der Waals surface area (Å²) in [6.07, 6.45) is 5.20. The molecule has 0 spiro atoms. The van der Waals surface area contributed by atoms with E-state index in [9.17, 15) is 10.1 Å². The number of hydrogen-bond acceptors (Lipinski definition) is 6. The van der Waals surface area contributed by atoms with Crippen molar-refractivity contribution >= 4 is 11.8 Å². The molecule has 2 aromatic carbocycles. The van der Waals surface area contributed by atoms with Gasteiger partial charge < -0.3 is 4.74 Å². The fraction of sp³-hybridized carbons (Fsp3) is 0.238. The Hall–Kier alpha value is -3.31. The molecule has 148 valence electrons. The average Bonchev–Trinajstić information content (AvgIpc) is 3.07. The van der Waals surface area contributed by atoms with Crippen molar-refractivity contribution in [3.8, 4) is 23.8 Å². The van der Waals surface area contributed by atoms with Gasteiger partial charge in [-0.2, -0.15) is 0 Å². The van der Waals surface area contributed by atoms with Crippen LogP contribution in [0.25, 0.3) is 5.69 Å². The van der Waals surface area contributed by atoms with Crippen molar-refractivity contribution in [1.82, 2.24) is 14.8 Å². The Bertz CT molecular complexity index is 1020. The zero-order valence-electron chi connectivity index (χ0n) is 16.1. The molecule has 0 radical (unpaired) electrons. The number of terminal acetylenes is 1. The van der Waals surface area contributed by atoms with Crippen LogP contribution in [0.3, 0.4) is 0 Å². The standard InChI is InChI=1S/C21H20N4O3S/c1-4-13-28-19-11-7-17(8-12-19)20(14-24(26)27)29-21-23-22-16(3)25(21)18-9-5-15(2)6-10-18/h1,5-12,20H,13-14H2,2-3H3/t20-/m0/s1. The highest BCUT2D eigenvalue weighted by Crippen LogP contribution is 2.36. The lowest BCUT2D eigenvalue weighted by atomic mass is 10.1. The first kappa shape index (κ1) is 20.4. The summed E-state index contributed by atoms with van der Waals surface area (Å²) in [6.45, 7) is 3.81. The highest BCUT2D eigenvalue weighted by molar-refractivity contribution is 7.99. The van der Waals surface area contributed by atoms with Crippen LogP contribution in [0.2, 0.25) is 0 Å². The molecule has 3 aromatic rings. The molecule has 0 unspecified atom stereocenters. The Morgan fingerprint density at radius 3 is 2.48 bits per heavy atom. The highest BCUT2D eigenvalue weighted by atomic mass is 32.2. The Morgan fingerprint density at radius 1 is 1.17 bits per heavy atom. The number of aromatic nitrogens is 3. The molecule has 1 heterocycles. The normalized spacial score (nSPS) is 11.6. The third kappa shape index (κ3) is 5.15. The molecule has 0 aliphatic rings. The van der Waals surface area contributed by atoms with E-state index in [2.05, 4.69) is 16.1 Å². The zero-order valence-corrected chi connectivity index (χ0v) is 16.9. The number of ether oxygens (including phenoxy) is 1. The van der Waals surface area contributed by atoms with Crippen molar-refractivity contribution in [1.29, 1.82) is 0 Å². The molecule has 29 heavy (non-hydrogen) atoms. The van der Waals surface area contributed by atoms with Crippen molar-refractivity contribution in [3.05, 3.63) is 75.6 Å². The van der Waals surface area contributed by atoms with Gasteiger partial charge in [-0.1, -0.05) is 47.5 Å². The maximum absolute atomic E-state index is 11.3. The predicted molar refractivity (Wildman–Crippen MR) is 112 cm³/mol. The second-order valence-corrected chi connectivity index (χ2v) is 7.55. The first-order chi connectivity index (χ1) is 14.0. The highest BCUT2D eigenvalue weighted by Gasteiger charge is 2.23. The second kappa shape index (κ2) is 9.26. The van der Waals surface area contributed by atoms with E-state index in [0.717, 1.165) is 16.8 Å². The molecular weight excluding hydrogens is 388 g/mol. The van der Waals surface area contributed by atoms with Crippen molar-refractivity contribution in [2.45, 2.75) is 24.3 Å². The summed E-state index contributed by atoms with van der Waals surface area (Å²) in [5, 5.41) is 19.9. The fourth-order valence-electron chi connectivity index (χ4n) is 2.79. The van der Waals surface area contributed by atoms with Crippen LogP contribution in [0.4, 0.5) is 0 Å². The van der Waals surface area contributed by atoms with E-state index in [1.54, 1.807) is 12.1 Å². The molecule has 0 bridgehead atoms. The average molecular weight is 408 g/mol. The molecule has 0 fully saturated rings. The number of nitrogens with zero attached hydrogens (tertiary/aromatic N) is 4. The first-order valence-electron chi connectivity index (χ1n) is 8.91. The Labute approximate surface area is 173 Å². The first-order valence-corrected chi connectivity index (χ1v) is 9.79. The molecule has 0 aliphatic carbocycles. The Balaban J connectivity index is 1.89. The van der Waals surface area contributed by atoms with Crippen molar-refractivity contribution in [2.75, 3.05) is 13.2 Å². The van der Waals surface area contributed by atoms with Gasteiger partial charge in [-0.3, -0.25) is 14.7 Å². The van der Waals surface area contributed by atoms with Gasteiger partial charge >= 0.3 is 0 Å². The maximum Gasteiger partial charge on any atom is 0.220 e. The summed E-state index contributed by atoms with van der Waals surface area (Å²) in [4.78, 5) is 11.0. The van der Waals surface area contributed by atoms with Crippen LogP contribution in [-0.4, -0.2) is 32.8 Å². The second-order valence-electron chi connectivity index (χ2n) is 6.38. The van der Waals surface area contributed by atoms with Gasteiger partial charge in [0.25, 0.3) is 0 Å². The third-order valence-corrected chi connectivity index (χ3v) is 5.40. The van der Waals surface area contributed by atoms with E-state index in [1.807, 2.05) is 54.8 Å². The third-order valence-electron chi connectivity index (χ3n) is 4.22. The van der Waals surface area contributed by atoms with Gasteiger partial charge in [0, 0.05) is 10.6 Å². The lowest BCUT2D eigenvalue weighted by Crippen LogP contribution is -2.11. The van der Waals surface area contributed by atoms with Gasteiger partial charge in [-0.15, -0.1) is 16.6 Å². The summed E-state index contributed by atoms with van der Waals surface area (Å²) >= 11 is 1.31. The van der Waals surface area contributed by atoms with Crippen molar-refractivity contribution in [2.24, 2.45) is 0 Å². The Morgan fingerprint density at radius 2 is 1.86 bits per heavy atom. The molecule has 0 saturated carbocycles. The minimum absolute atomic E-state index is 0.172. The van der Waals surface area contributed by atoms with Crippen LogP contribution >= 0.6 is 11.8 Å². The molecular formula is C21H20N4O3S. The summed E-state index contributed by atoms with van der Waals surface area (Å²) in [5.74, 6) is 3.74. The molecule has 3 rings (SSSR count). The van der Waals surface area contributed by atoms with Gasteiger partial charge in [0.2, 0.25) is 6.54 Å². The van der Waals surface area contributed by atoms with Crippen LogP contribution < -0.4 is 4.74 Å². The number of aryl methyl sites for hydroxylation is 2. The summed E-state index contributed by atoms with van der Waals surface area (Å²) < 4.78 is 7.28. The van der Waals surface area contributed by atoms with Gasteiger partial charge in [0.05, 0.1) is 0 Å². The van der Waals surface area contributed by atoms with Crippen LogP contribution in [0, 0.1) is 36.3 Å². The molecule has 1 aromatic heterocycles. The van der Waals surface area contributed by atoms with Crippen molar-refractivity contribution < 1.29 is 9.66 Å². The van der Waals surface area contributed by atoms with E-state index in [0.29, 0.717) is 16.7 Å². The number of rotatable bonds is 8. The minimum Gasteiger partial charge on any atom is -0.481 e. The van der Waals surface area contributed by atoms with Crippen LogP contribution in [0.5, 0.6) is 5.75 Å². The molecule has 0 amide bonds. The molecule has 0 saturated heterocycles. The largest absolute Gasteiger partial charge is 0.481 e. The SMILES string of the molecule is C#CCOc1ccc([C@H](C[N+](=O)[O-])Sc2nnc(C)n2-c2ccc(C)cc2)cc1. The number of benzene rings is 2. The smallest absolute Gasteiger partial charge is 0.220 e. The predicted octanol–water partition coefficient (Wildman–Crippen LogP) is 4.01. The van der Waals surface area contributed by atoms with Gasteiger partial charge in [0.1, 0.15) is 23.4 Å². The summed E-state index contributed by atoms with van der Waals surface area (Å²) in [7, 11) is 0. The number of nitro groups is 1. The zero-order chi connectivity index (χ0) is 20.8. The molecule has 1 atom stereocenters. The number of hydrogen-bond donors (Lipinski definition) is 0. The topological polar surface area (TPSA) is 83.1 Å². The molecule has 0 aliphatic heterocycles. The van der Waals surface area contributed by atoms with Crippen LogP contribution in [0.1, 0.15) is 22.2 Å². The molecule has 0 N–H and O–H groups in total. The van der Waals surface area contributed by atoms with Gasteiger partial charge in [-0.25, -0.2) is 0 Å². The Kier molecular flexibility index (Phi) is 6.52. The van der Waals surface area contributed by atoms with Crippen LogP contribution in [-0.2, 0) is 0 Å². The monoisotopic (exact) mass is 408 g/mol. The number of thioether (sulfide) groups is 1. The maximum atomic E-state index is 11.3. The van der Waals surface area contributed by atoms with E-state index < -0.39 is 5.25 Å². The van der Waals surface area contributed by atoms with E-state index in [4.69, 9.17) is 11.2 Å². The summed E-state index contributed by atoms with van der Waals surface area (Å²) in [6, 6.07) is 15.1. The van der Waals surface area contributed by atoms with Gasteiger partial charge in [-0.05, 0) is 43.7 Å². The van der Waals surface area contributed by atoms with E-state index in [-0.39, 0.29) is 18.1 Å². The van der Waals surface area contributed by atoms with E-state index >= 15 is 0 Å². The van der Waals surface area contributed by atoms with E-state index in [1.165, 1.54) is 11.8 Å². The van der Waals surface area contributed by atoms with Gasteiger partial charge in [0.15, 0.2) is 5.16 Å². The molecule has 8 heteroatoms. The minimum atomic E-state index is -0.431. The fourth-order valence-corrected chi connectivity index (χ4v) is 3.96. The van der Waals surface area contributed by atoms with Crippen LogP contribution in [0.15, 0.2) is 53.7 Å². The van der Waals surface area contributed by atoms with Crippen molar-refractivity contribution in [3.63, 3.8) is 0 Å². The summed E-state index contributed by atoms with van der Waals surface area (Å²) in [5.41, 5.74) is 2.86. The quantitative estimate of drug-likeness (QED) is 0.242. The lowest BCUT2D eigenvalue weighted by molar-refractivity contribution is -0.479. The molecule has 7 nitrogen and oxygen atoms in total.